The normalized spacial score (nSPS) is 26.9. The largest absolute Gasteiger partial charge is 0.478 e. The fourth-order valence-corrected chi connectivity index (χ4v) is 1.66. The van der Waals surface area contributed by atoms with Crippen LogP contribution in [0.25, 0.3) is 0 Å². The molecule has 1 aliphatic rings. The third-order valence-corrected chi connectivity index (χ3v) is 2.68. The number of likely N-dealkylation sites (tertiary alicyclic amines) is 1. The zero-order valence-corrected chi connectivity index (χ0v) is 9.55. The van der Waals surface area contributed by atoms with Gasteiger partial charge in [-0.15, -0.1) is 0 Å². The van der Waals surface area contributed by atoms with Crippen molar-refractivity contribution in [3.8, 4) is 0 Å². The molecule has 0 bridgehead atoms. The molecule has 1 rings (SSSR count). The van der Waals surface area contributed by atoms with Gasteiger partial charge < -0.3 is 9.84 Å². The van der Waals surface area contributed by atoms with Gasteiger partial charge in [0.15, 0.2) is 6.23 Å². The summed E-state index contributed by atoms with van der Waals surface area (Å²) in [6.07, 6.45) is 3.37. The highest BCUT2D eigenvalue weighted by atomic mass is 16.6. The molecule has 0 aromatic carbocycles. The zero-order chi connectivity index (χ0) is 12.1. The first-order chi connectivity index (χ1) is 7.49. The van der Waals surface area contributed by atoms with E-state index in [-0.39, 0.29) is 6.23 Å². The first-order valence-corrected chi connectivity index (χ1v) is 5.31. The number of hydrogen-bond donors (Lipinski definition) is 1. The molecule has 1 aliphatic heterocycles. The summed E-state index contributed by atoms with van der Waals surface area (Å²) in [5.41, 5.74) is 0. The molecule has 5 heteroatoms. The highest BCUT2D eigenvalue weighted by Crippen LogP contribution is 2.21. The molecule has 2 unspecified atom stereocenters. The second kappa shape index (κ2) is 5.65. The number of rotatable bonds is 3. The molecule has 1 N–H and O–H groups in total. The number of carboxylic acids is 1. The first kappa shape index (κ1) is 12.7. The maximum atomic E-state index is 11.3. The lowest BCUT2D eigenvalue weighted by atomic mass is 9.98. The lowest BCUT2D eigenvalue weighted by molar-refractivity contribution is -0.156. The molecular weight excluding hydrogens is 210 g/mol. The quantitative estimate of drug-likeness (QED) is 0.572. The molecule has 90 valence electrons. The summed E-state index contributed by atoms with van der Waals surface area (Å²) in [5, 5.41) is 8.36. The summed E-state index contributed by atoms with van der Waals surface area (Å²) >= 11 is 0. The summed E-state index contributed by atoms with van der Waals surface area (Å²) < 4.78 is 5.16. The smallest absolute Gasteiger partial charge is 0.332 e. The average Bonchev–Trinajstić information content (AvgIpc) is 2.20. The van der Waals surface area contributed by atoms with E-state index in [4.69, 9.17) is 9.84 Å². The van der Waals surface area contributed by atoms with Crippen LogP contribution >= 0.6 is 0 Å². The van der Waals surface area contributed by atoms with Gasteiger partial charge in [-0.25, -0.2) is 9.59 Å². The van der Waals surface area contributed by atoms with Crippen LogP contribution in [0, 0.1) is 5.92 Å². The van der Waals surface area contributed by atoms with E-state index in [0.29, 0.717) is 5.92 Å². The van der Waals surface area contributed by atoms with E-state index >= 15 is 0 Å². The number of carbonyl (C=O) groups excluding carboxylic acids is 1. The number of carboxylic acid groups (broad SMARTS) is 1. The number of hydrogen-bond acceptors (Lipinski definition) is 4. The van der Waals surface area contributed by atoms with E-state index in [0.717, 1.165) is 31.5 Å². The number of esters is 1. The summed E-state index contributed by atoms with van der Waals surface area (Å²) in [7, 11) is 1.89. The predicted molar refractivity (Wildman–Crippen MR) is 57.7 cm³/mol. The van der Waals surface area contributed by atoms with Gasteiger partial charge >= 0.3 is 11.9 Å². The second-order valence-electron chi connectivity index (χ2n) is 4.17. The zero-order valence-electron chi connectivity index (χ0n) is 9.55. The third-order valence-electron chi connectivity index (χ3n) is 2.68. The van der Waals surface area contributed by atoms with Crippen molar-refractivity contribution in [2.45, 2.75) is 26.0 Å². The molecule has 1 heterocycles. The Labute approximate surface area is 94.7 Å². The van der Waals surface area contributed by atoms with Crippen LogP contribution in [-0.2, 0) is 14.3 Å². The molecular formula is C11H17NO4. The lowest BCUT2D eigenvalue weighted by Crippen LogP contribution is -2.41. The molecule has 5 nitrogen and oxygen atoms in total. The Hall–Kier alpha value is -1.36. The topological polar surface area (TPSA) is 66.8 Å². The number of ether oxygens (including phenoxy) is 1. The Balaban J connectivity index is 2.46. The molecule has 0 aromatic heterocycles. The molecule has 0 spiro atoms. The summed E-state index contributed by atoms with van der Waals surface area (Å²) in [4.78, 5) is 23.4. The van der Waals surface area contributed by atoms with Crippen molar-refractivity contribution in [2.75, 3.05) is 13.6 Å². The highest BCUT2D eigenvalue weighted by Gasteiger charge is 2.25. The lowest BCUT2D eigenvalue weighted by Gasteiger charge is -2.34. The van der Waals surface area contributed by atoms with Crippen molar-refractivity contribution in [3.63, 3.8) is 0 Å². The molecule has 0 radical (unpaired) electrons. The van der Waals surface area contributed by atoms with Gasteiger partial charge in [0.2, 0.25) is 0 Å². The van der Waals surface area contributed by atoms with Crippen LogP contribution in [0.15, 0.2) is 12.2 Å². The first-order valence-electron chi connectivity index (χ1n) is 5.31. The van der Waals surface area contributed by atoms with Gasteiger partial charge in [0.25, 0.3) is 0 Å². The molecule has 16 heavy (non-hydrogen) atoms. The standard InChI is InChI=1S/C11H17NO4/c1-8-5-6-12(2)9(7-8)16-11(15)4-3-10(13)14/h3-4,8-9H,5-7H2,1-2H3,(H,13,14)/b4-3+. The van der Waals surface area contributed by atoms with E-state index in [2.05, 4.69) is 6.92 Å². The SMILES string of the molecule is CC1CCN(C)C(OC(=O)/C=C/C(=O)O)C1. The Bertz CT molecular complexity index is 300. The number of nitrogens with zero attached hydrogens (tertiary/aromatic N) is 1. The van der Waals surface area contributed by atoms with E-state index in [1.54, 1.807) is 0 Å². The third kappa shape index (κ3) is 4.02. The van der Waals surface area contributed by atoms with Crippen molar-refractivity contribution in [1.82, 2.24) is 4.90 Å². The fraction of sp³-hybridized carbons (Fsp3) is 0.636. The minimum absolute atomic E-state index is 0.241. The monoisotopic (exact) mass is 227 g/mol. The fourth-order valence-electron chi connectivity index (χ4n) is 1.66. The van der Waals surface area contributed by atoms with E-state index in [1.165, 1.54) is 0 Å². The molecule has 0 saturated carbocycles. The van der Waals surface area contributed by atoms with E-state index < -0.39 is 11.9 Å². The van der Waals surface area contributed by atoms with Crippen molar-refractivity contribution < 1.29 is 19.4 Å². The van der Waals surface area contributed by atoms with E-state index in [9.17, 15) is 9.59 Å². The van der Waals surface area contributed by atoms with Gasteiger partial charge in [-0.1, -0.05) is 6.92 Å². The number of aliphatic carboxylic acids is 1. The Morgan fingerprint density at radius 1 is 1.44 bits per heavy atom. The maximum absolute atomic E-state index is 11.3. The molecule has 0 aromatic rings. The van der Waals surface area contributed by atoms with Gasteiger partial charge in [0.1, 0.15) is 0 Å². The van der Waals surface area contributed by atoms with Crippen LogP contribution in [0.4, 0.5) is 0 Å². The molecule has 1 fully saturated rings. The van der Waals surface area contributed by atoms with Crippen LogP contribution in [0.5, 0.6) is 0 Å². The predicted octanol–water partition coefficient (Wildman–Crippen LogP) is 0.858. The molecule has 1 saturated heterocycles. The molecule has 0 amide bonds. The Kier molecular flexibility index (Phi) is 4.49. The van der Waals surface area contributed by atoms with Crippen LogP contribution in [-0.4, -0.2) is 41.8 Å². The van der Waals surface area contributed by atoms with Gasteiger partial charge in [-0.05, 0) is 19.4 Å². The Morgan fingerprint density at radius 2 is 2.12 bits per heavy atom. The van der Waals surface area contributed by atoms with Crippen molar-refractivity contribution in [2.24, 2.45) is 5.92 Å². The maximum Gasteiger partial charge on any atom is 0.332 e. The minimum atomic E-state index is -1.15. The summed E-state index contributed by atoms with van der Waals surface area (Å²) in [6, 6.07) is 0. The Morgan fingerprint density at radius 3 is 2.75 bits per heavy atom. The van der Waals surface area contributed by atoms with Crippen LogP contribution in [0.1, 0.15) is 19.8 Å². The van der Waals surface area contributed by atoms with Crippen LogP contribution in [0.2, 0.25) is 0 Å². The van der Waals surface area contributed by atoms with Gasteiger partial charge in [0, 0.05) is 25.1 Å². The van der Waals surface area contributed by atoms with Crippen molar-refractivity contribution in [3.05, 3.63) is 12.2 Å². The van der Waals surface area contributed by atoms with Gasteiger partial charge in [-0.3, -0.25) is 4.90 Å². The number of carbonyl (C=O) groups is 2. The summed E-state index contributed by atoms with van der Waals surface area (Å²) in [5.74, 6) is -1.23. The number of piperidine rings is 1. The van der Waals surface area contributed by atoms with Crippen molar-refractivity contribution in [1.29, 1.82) is 0 Å². The van der Waals surface area contributed by atoms with Crippen molar-refractivity contribution >= 4 is 11.9 Å². The summed E-state index contributed by atoms with van der Waals surface area (Å²) in [6.45, 7) is 3.00. The highest BCUT2D eigenvalue weighted by molar-refractivity contribution is 5.90. The van der Waals surface area contributed by atoms with Gasteiger partial charge in [-0.2, -0.15) is 0 Å². The van der Waals surface area contributed by atoms with E-state index in [1.807, 2.05) is 11.9 Å². The second-order valence-corrected chi connectivity index (χ2v) is 4.17. The molecule has 0 aliphatic carbocycles. The van der Waals surface area contributed by atoms with Crippen LogP contribution < -0.4 is 0 Å². The minimum Gasteiger partial charge on any atom is -0.478 e. The molecule has 2 atom stereocenters. The van der Waals surface area contributed by atoms with Crippen LogP contribution in [0.3, 0.4) is 0 Å². The van der Waals surface area contributed by atoms with Gasteiger partial charge in [0.05, 0.1) is 0 Å². The average molecular weight is 227 g/mol.